The van der Waals surface area contributed by atoms with Gasteiger partial charge in [0.15, 0.2) is 0 Å². The largest absolute Gasteiger partial charge is 0.399 e. The molecule has 0 amide bonds. The van der Waals surface area contributed by atoms with Crippen LogP contribution in [0.4, 0.5) is 4.39 Å². The molecule has 0 radical (unpaired) electrons. The average Bonchev–Trinajstić information content (AvgIpc) is 3.50. The van der Waals surface area contributed by atoms with Crippen LogP contribution in [-0.4, -0.2) is 0 Å². The topological polar surface area (TPSA) is 26.0 Å². The minimum absolute atomic E-state index is 0.440. The molecule has 0 aromatic heterocycles. The third kappa shape index (κ3) is 5.22. The van der Waals surface area contributed by atoms with Crippen LogP contribution >= 0.6 is 0 Å². The van der Waals surface area contributed by atoms with Crippen molar-refractivity contribution in [3.8, 4) is 0 Å². The van der Waals surface area contributed by atoms with Crippen LogP contribution in [0, 0.1) is 5.92 Å². The molecule has 28 heavy (non-hydrogen) atoms. The summed E-state index contributed by atoms with van der Waals surface area (Å²) in [5.41, 5.74) is 15.1. The molecule has 0 atom stereocenters. The minimum atomic E-state index is -0.440. The molecule has 1 aliphatic carbocycles. The molecule has 2 heteroatoms. The average molecular weight is 378 g/mol. The molecule has 0 aliphatic heterocycles. The summed E-state index contributed by atoms with van der Waals surface area (Å²) in [4.78, 5) is 0. The molecular weight excluding hydrogens is 345 g/mol. The predicted octanol–water partition coefficient (Wildman–Crippen LogP) is 7.21. The Morgan fingerprint density at radius 1 is 1.11 bits per heavy atom. The number of hydrogen-bond donors (Lipinski definition) is 1. The third-order valence-corrected chi connectivity index (χ3v) is 5.27. The molecule has 0 bridgehead atoms. The Morgan fingerprint density at radius 3 is 2.14 bits per heavy atom. The first-order valence-corrected chi connectivity index (χ1v) is 9.82. The number of allylic oxidation sites excluding steroid dienone is 8. The summed E-state index contributed by atoms with van der Waals surface area (Å²) in [7, 11) is 0. The highest BCUT2D eigenvalue weighted by Gasteiger charge is 2.27. The van der Waals surface area contributed by atoms with Crippen molar-refractivity contribution in [2.24, 2.45) is 11.7 Å². The zero-order chi connectivity index (χ0) is 20.8. The van der Waals surface area contributed by atoms with E-state index in [2.05, 4.69) is 39.2 Å². The van der Waals surface area contributed by atoms with Gasteiger partial charge in [-0.3, -0.25) is 0 Å². The van der Waals surface area contributed by atoms with Gasteiger partial charge in [-0.1, -0.05) is 49.6 Å². The number of alkyl halides is 1. The molecule has 1 aromatic rings. The van der Waals surface area contributed by atoms with E-state index < -0.39 is 6.67 Å². The zero-order valence-electron chi connectivity index (χ0n) is 17.6. The molecule has 0 unspecified atom stereocenters. The van der Waals surface area contributed by atoms with Gasteiger partial charge >= 0.3 is 0 Å². The van der Waals surface area contributed by atoms with E-state index in [-0.39, 0.29) is 0 Å². The Labute approximate surface area is 169 Å². The Hall–Kier alpha value is -2.61. The molecule has 0 heterocycles. The van der Waals surface area contributed by atoms with Crippen molar-refractivity contribution in [1.82, 2.24) is 0 Å². The lowest BCUT2D eigenvalue weighted by molar-refractivity contribution is 0.485. The van der Waals surface area contributed by atoms with E-state index in [1.807, 2.05) is 44.2 Å². The summed E-state index contributed by atoms with van der Waals surface area (Å²) in [6.07, 6.45) is 8.73. The number of benzene rings is 1. The first-order chi connectivity index (χ1) is 13.3. The monoisotopic (exact) mass is 377 g/mol. The highest BCUT2D eigenvalue weighted by Crippen LogP contribution is 2.42. The molecule has 1 nitrogen and oxygen atoms in total. The summed E-state index contributed by atoms with van der Waals surface area (Å²) in [6.45, 7) is 15.8. The number of halogens is 1. The van der Waals surface area contributed by atoms with Crippen molar-refractivity contribution < 1.29 is 4.39 Å². The number of hydrogen-bond acceptors (Lipinski definition) is 1. The van der Waals surface area contributed by atoms with Crippen LogP contribution in [0.1, 0.15) is 51.7 Å². The van der Waals surface area contributed by atoms with Crippen LogP contribution < -0.4 is 5.73 Å². The lowest BCUT2D eigenvalue weighted by Gasteiger charge is -2.16. The van der Waals surface area contributed by atoms with Crippen molar-refractivity contribution in [3.63, 3.8) is 0 Å². The van der Waals surface area contributed by atoms with Gasteiger partial charge in [0.2, 0.25) is 0 Å². The van der Waals surface area contributed by atoms with Crippen LogP contribution in [0.15, 0.2) is 89.2 Å². The minimum Gasteiger partial charge on any atom is -0.399 e. The lowest BCUT2D eigenvalue weighted by Crippen LogP contribution is -2.02. The van der Waals surface area contributed by atoms with E-state index in [1.165, 1.54) is 29.6 Å². The van der Waals surface area contributed by atoms with Crippen molar-refractivity contribution in [1.29, 1.82) is 0 Å². The van der Waals surface area contributed by atoms with Crippen LogP contribution in [0.3, 0.4) is 0 Å². The van der Waals surface area contributed by atoms with Crippen molar-refractivity contribution in [2.45, 2.75) is 47.2 Å². The maximum Gasteiger partial charge on any atom is 0.115 e. The fraction of sp³-hybridized carbons (Fsp3) is 0.308. The van der Waals surface area contributed by atoms with Gasteiger partial charge in [-0.15, -0.1) is 0 Å². The molecule has 0 spiro atoms. The van der Waals surface area contributed by atoms with Crippen LogP contribution in [0.5, 0.6) is 0 Å². The van der Waals surface area contributed by atoms with Gasteiger partial charge in [-0.2, -0.15) is 0 Å². The molecule has 1 fully saturated rings. The van der Waals surface area contributed by atoms with E-state index in [0.29, 0.717) is 17.2 Å². The normalized spacial score (nSPS) is 16.7. The van der Waals surface area contributed by atoms with E-state index in [1.54, 1.807) is 0 Å². The Kier molecular flexibility index (Phi) is 7.39. The van der Waals surface area contributed by atoms with Crippen molar-refractivity contribution in [3.05, 3.63) is 100 Å². The van der Waals surface area contributed by atoms with Crippen LogP contribution in [0.2, 0.25) is 0 Å². The zero-order valence-corrected chi connectivity index (χ0v) is 17.6. The number of rotatable bonds is 8. The Bertz CT molecular complexity index is 856. The van der Waals surface area contributed by atoms with Gasteiger partial charge in [-0.05, 0) is 97.1 Å². The van der Waals surface area contributed by atoms with Gasteiger partial charge in [0.05, 0.1) is 0 Å². The van der Waals surface area contributed by atoms with Crippen LogP contribution in [-0.2, 0) is 6.67 Å². The Morgan fingerprint density at radius 2 is 1.71 bits per heavy atom. The van der Waals surface area contributed by atoms with Gasteiger partial charge < -0.3 is 5.73 Å². The molecule has 2 rings (SSSR count). The molecule has 0 saturated heterocycles. The summed E-state index contributed by atoms with van der Waals surface area (Å²) in [5, 5.41) is 0. The molecule has 148 valence electrons. The summed E-state index contributed by atoms with van der Waals surface area (Å²) in [6, 6.07) is 7.69. The maximum atomic E-state index is 12.9. The fourth-order valence-electron chi connectivity index (χ4n) is 3.37. The second kappa shape index (κ2) is 9.54. The van der Waals surface area contributed by atoms with Crippen molar-refractivity contribution >= 4 is 5.57 Å². The highest BCUT2D eigenvalue weighted by atomic mass is 19.1. The van der Waals surface area contributed by atoms with E-state index in [0.717, 1.165) is 22.3 Å². The second-order valence-electron chi connectivity index (χ2n) is 7.59. The van der Waals surface area contributed by atoms with E-state index in [4.69, 9.17) is 5.73 Å². The number of nitrogens with two attached hydrogens (primary N) is 1. The molecule has 1 aromatic carbocycles. The highest BCUT2D eigenvalue weighted by molar-refractivity contribution is 5.79. The van der Waals surface area contributed by atoms with E-state index in [9.17, 15) is 4.39 Å². The third-order valence-electron chi connectivity index (χ3n) is 5.27. The summed E-state index contributed by atoms with van der Waals surface area (Å²) < 4.78 is 12.9. The fourth-order valence-corrected chi connectivity index (χ4v) is 3.37. The van der Waals surface area contributed by atoms with Gasteiger partial charge in [-0.25, -0.2) is 4.39 Å². The maximum absolute atomic E-state index is 12.9. The SMILES string of the molecule is C=C(C)\C(=C/C(=C(C)/C(C)=C(\C=C/C)c1ccc(CF)cc1)C1CC1)C(=C)N. The van der Waals surface area contributed by atoms with E-state index >= 15 is 0 Å². The van der Waals surface area contributed by atoms with Gasteiger partial charge in [0, 0.05) is 5.70 Å². The first-order valence-electron chi connectivity index (χ1n) is 9.82. The molecule has 2 N–H and O–H groups in total. The molecule has 1 saturated carbocycles. The lowest BCUT2D eigenvalue weighted by atomic mass is 9.90. The smallest absolute Gasteiger partial charge is 0.115 e. The second-order valence-corrected chi connectivity index (χ2v) is 7.59. The summed E-state index contributed by atoms with van der Waals surface area (Å²) in [5.74, 6) is 0.560. The quantitative estimate of drug-likeness (QED) is 0.476. The Balaban J connectivity index is 2.63. The molecule has 1 aliphatic rings. The predicted molar refractivity (Wildman–Crippen MR) is 120 cm³/mol. The summed E-state index contributed by atoms with van der Waals surface area (Å²) >= 11 is 0. The van der Waals surface area contributed by atoms with Gasteiger partial charge in [0.25, 0.3) is 0 Å². The van der Waals surface area contributed by atoms with Crippen molar-refractivity contribution in [2.75, 3.05) is 0 Å². The standard InChI is InChI=1S/C26H32FN/c1-7-8-24(22-11-9-21(16-27)10-12-22)18(4)19(5)26(23-13-14-23)15-25(17(2)3)20(6)28/h7-12,15,23H,2,6,13-14,16,28H2,1,3-5H3/b8-7-,24-18+,25-15+,26-19-. The molecular formula is C26H32FN. The van der Waals surface area contributed by atoms with Gasteiger partial charge in [0.1, 0.15) is 6.67 Å². The first kappa shape index (κ1) is 21.7. The van der Waals surface area contributed by atoms with Crippen LogP contribution in [0.25, 0.3) is 5.57 Å².